The Labute approximate surface area is 174 Å². The number of carbonyl (C=O) groups is 4. The van der Waals surface area contributed by atoms with E-state index >= 15 is 0 Å². The molecule has 4 amide bonds. The lowest BCUT2D eigenvalue weighted by Gasteiger charge is -2.34. The van der Waals surface area contributed by atoms with Crippen LogP contribution >= 0.6 is 0 Å². The molecule has 3 rings (SSSR count). The maximum absolute atomic E-state index is 13.3. The van der Waals surface area contributed by atoms with Gasteiger partial charge in [0, 0.05) is 19.6 Å². The summed E-state index contributed by atoms with van der Waals surface area (Å²) in [6.07, 6.45) is 0.372. The molecule has 0 radical (unpaired) electrons. The molecule has 0 unspecified atom stereocenters. The van der Waals surface area contributed by atoms with Crippen LogP contribution in [0.3, 0.4) is 0 Å². The van der Waals surface area contributed by atoms with E-state index in [0.717, 1.165) is 4.90 Å². The molecule has 1 saturated heterocycles. The van der Waals surface area contributed by atoms with E-state index in [0.29, 0.717) is 32.7 Å². The Morgan fingerprint density at radius 1 is 1.07 bits per heavy atom. The molecule has 2 heterocycles. The monoisotopic (exact) mass is 417 g/mol. The van der Waals surface area contributed by atoms with Crippen molar-refractivity contribution in [1.82, 2.24) is 15.3 Å². The van der Waals surface area contributed by atoms with E-state index < -0.39 is 29.6 Å². The van der Waals surface area contributed by atoms with Crippen LogP contribution in [-0.4, -0.2) is 71.5 Å². The Morgan fingerprint density at radius 3 is 2.13 bits per heavy atom. The average Bonchev–Trinajstić information content (AvgIpc) is 3.00. The number of hydrogen-bond acceptors (Lipinski definition) is 6. The van der Waals surface area contributed by atoms with Crippen molar-refractivity contribution >= 4 is 23.6 Å². The first kappa shape index (κ1) is 21.9. The number of morpholine rings is 1. The quantitative estimate of drug-likeness (QED) is 0.387. The standard InChI is InChI=1S/C21H27N3O6/c1-13(2)11-16(19(26)23-7-9-30-10-8-23)17(18(25)22-29)12-24-20(27)14-5-3-4-6-15(14)21(24)28/h3-6,13,16-17,29H,7-12H2,1-2H3,(H,22,25)/t16-,17+/m1/s1. The summed E-state index contributed by atoms with van der Waals surface area (Å²) in [5, 5.41) is 9.33. The number of nitrogens with one attached hydrogen (secondary N) is 1. The van der Waals surface area contributed by atoms with Crippen molar-refractivity contribution in [3.8, 4) is 0 Å². The summed E-state index contributed by atoms with van der Waals surface area (Å²) in [5.41, 5.74) is 2.16. The van der Waals surface area contributed by atoms with E-state index in [4.69, 9.17) is 4.74 Å². The van der Waals surface area contributed by atoms with Crippen LogP contribution in [0.4, 0.5) is 0 Å². The predicted octanol–water partition coefficient (Wildman–Crippen LogP) is 0.925. The molecule has 162 valence electrons. The summed E-state index contributed by atoms with van der Waals surface area (Å²) in [5.74, 6) is -3.83. The van der Waals surface area contributed by atoms with E-state index in [1.54, 1.807) is 34.6 Å². The van der Waals surface area contributed by atoms with Crippen molar-refractivity contribution in [3.63, 3.8) is 0 Å². The second-order valence-electron chi connectivity index (χ2n) is 8.02. The van der Waals surface area contributed by atoms with E-state index in [1.807, 2.05) is 13.8 Å². The molecule has 1 aromatic rings. The molecule has 1 fully saturated rings. The van der Waals surface area contributed by atoms with E-state index in [1.165, 1.54) is 0 Å². The van der Waals surface area contributed by atoms with Gasteiger partial charge in [-0.1, -0.05) is 26.0 Å². The van der Waals surface area contributed by atoms with E-state index in [2.05, 4.69) is 0 Å². The smallest absolute Gasteiger partial charge is 0.261 e. The molecule has 2 N–H and O–H groups in total. The topological polar surface area (TPSA) is 116 Å². The number of amides is 4. The molecule has 0 aliphatic carbocycles. The molecular formula is C21H27N3O6. The Balaban J connectivity index is 1.89. The molecule has 1 aromatic carbocycles. The van der Waals surface area contributed by atoms with Gasteiger partial charge in [0.2, 0.25) is 11.8 Å². The van der Waals surface area contributed by atoms with Gasteiger partial charge in [-0.05, 0) is 24.5 Å². The van der Waals surface area contributed by atoms with Crippen LogP contribution in [-0.2, 0) is 14.3 Å². The van der Waals surface area contributed by atoms with Gasteiger partial charge in [0.1, 0.15) is 0 Å². The van der Waals surface area contributed by atoms with Gasteiger partial charge < -0.3 is 9.64 Å². The number of fused-ring (bicyclic) bond motifs is 1. The number of rotatable bonds is 7. The number of ether oxygens (including phenoxy) is 1. The minimum absolute atomic E-state index is 0.0798. The fourth-order valence-corrected chi connectivity index (χ4v) is 4.04. The Kier molecular flexibility index (Phi) is 6.84. The zero-order valence-electron chi connectivity index (χ0n) is 17.2. The van der Waals surface area contributed by atoms with Crippen LogP contribution in [0, 0.1) is 17.8 Å². The molecule has 0 spiro atoms. The number of hydroxylamine groups is 1. The molecule has 9 nitrogen and oxygen atoms in total. The summed E-state index contributed by atoms with van der Waals surface area (Å²) >= 11 is 0. The summed E-state index contributed by atoms with van der Waals surface area (Å²) in [6, 6.07) is 6.44. The lowest BCUT2D eigenvalue weighted by Crippen LogP contribution is -2.51. The first-order chi connectivity index (χ1) is 14.3. The summed E-state index contributed by atoms with van der Waals surface area (Å²) in [7, 11) is 0. The SMILES string of the molecule is CC(C)C[C@@H](C(=O)N1CCOCC1)[C@H](CN1C(=O)c2ccccc2C1=O)C(=O)NO. The number of nitrogens with zero attached hydrogens (tertiary/aromatic N) is 2. The molecule has 2 aliphatic rings. The molecule has 30 heavy (non-hydrogen) atoms. The number of hydrogen-bond donors (Lipinski definition) is 2. The first-order valence-corrected chi connectivity index (χ1v) is 10.1. The van der Waals surface area contributed by atoms with Crippen molar-refractivity contribution < 1.29 is 29.1 Å². The van der Waals surface area contributed by atoms with Crippen molar-refractivity contribution in [2.24, 2.45) is 17.8 Å². The van der Waals surface area contributed by atoms with Gasteiger partial charge in [0.05, 0.1) is 36.2 Å². The van der Waals surface area contributed by atoms with Crippen molar-refractivity contribution in [1.29, 1.82) is 0 Å². The van der Waals surface area contributed by atoms with Crippen LogP contribution in [0.1, 0.15) is 41.0 Å². The Bertz CT molecular complexity index is 799. The van der Waals surface area contributed by atoms with Gasteiger partial charge in [-0.25, -0.2) is 5.48 Å². The summed E-state index contributed by atoms with van der Waals surface area (Å²) < 4.78 is 5.30. The van der Waals surface area contributed by atoms with Crippen LogP contribution < -0.4 is 5.48 Å². The Hall–Kier alpha value is -2.78. The van der Waals surface area contributed by atoms with Crippen LogP contribution in [0.5, 0.6) is 0 Å². The minimum atomic E-state index is -1.07. The molecule has 2 aliphatic heterocycles. The average molecular weight is 417 g/mol. The number of benzene rings is 1. The molecule has 2 atom stereocenters. The predicted molar refractivity (Wildman–Crippen MR) is 106 cm³/mol. The van der Waals surface area contributed by atoms with Crippen LogP contribution in [0.25, 0.3) is 0 Å². The highest BCUT2D eigenvalue weighted by Gasteiger charge is 2.43. The fourth-order valence-electron chi connectivity index (χ4n) is 4.04. The Morgan fingerprint density at radius 2 is 1.63 bits per heavy atom. The van der Waals surface area contributed by atoms with Gasteiger partial charge in [0.25, 0.3) is 11.8 Å². The molecule has 0 saturated carbocycles. The second-order valence-corrected chi connectivity index (χ2v) is 8.02. The van der Waals surface area contributed by atoms with E-state index in [9.17, 15) is 24.4 Å². The molecule has 0 bridgehead atoms. The number of imide groups is 1. The lowest BCUT2D eigenvalue weighted by molar-refractivity contribution is -0.148. The third-order valence-corrected chi connectivity index (χ3v) is 5.56. The first-order valence-electron chi connectivity index (χ1n) is 10.1. The molecule has 0 aromatic heterocycles. The second kappa shape index (κ2) is 9.36. The molecular weight excluding hydrogens is 390 g/mol. The summed E-state index contributed by atoms with van der Waals surface area (Å²) in [6.45, 7) is 5.21. The zero-order valence-corrected chi connectivity index (χ0v) is 17.2. The van der Waals surface area contributed by atoms with E-state index in [-0.39, 0.29) is 29.5 Å². The minimum Gasteiger partial charge on any atom is -0.378 e. The maximum Gasteiger partial charge on any atom is 0.261 e. The van der Waals surface area contributed by atoms with Crippen LogP contribution in [0.2, 0.25) is 0 Å². The molecule has 9 heteroatoms. The third kappa shape index (κ3) is 4.36. The van der Waals surface area contributed by atoms with Crippen molar-refractivity contribution in [3.05, 3.63) is 35.4 Å². The normalized spacial score (nSPS) is 18.4. The van der Waals surface area contributed by atoms with Gasteiger partial charge >= 0.3 is 0 Å². The highest BCUT2D eigenvalue weighted by atomic mass is 16.5. The van der Waals surface area contributed by atoms with Crippen molar-refractivity contribution in [2.45, 2.75) is 20.3 Å². The largest absolute Gasteiger partial charge is 0.378 e. The number of carbonyl (C=O) groups excluding carboxylic acids is 4. The van der Waals surface area contributed by atoms with Crippen LogP contribution in [0.15, 0.2) is 24.3 Å². The highest BCUT2D eigenvalue weighted by Crippen LogP contribution is 2.29. The van der Waals surface area contributed by atoms with Gasteiger partial charge in [-0.15, -0.1) is 0 Å². The highest BCUT2D eigenvalue weighted by molar-refractivity contribution is 6.21. The third-order valence-electron chi connectivity index (χ3n) is 5.56. The fraction of sp³-hybridized carbons (Fsp3) is 0.524. The van der Waals surface area contributed by atoms with Gasteiger partial charge in [-0.2, -0.15) is 0 Å². The van der Waals surface area contributed by atoms with Crippen molar-refractivity contribution in [2.75, 3.05) is 32.8 Å². The zero-order chi connectivity index (χ0) is 21.8. The maximum atomic E-state index is 13.3. The summed E-state index contributed by atoms with van der Waals surface area (Å²) in [4.78, 5) is 54.0. The van der Waals surface area contributed by atoms with Gasteiger partial charge in [0.15, 0.2) is 0 Å². The lowest BCUT2D eigenvalue weighted by atomic mass is 9.83. The van der Waals surface area contributed by atoms with Gasteiger partial charge in [-0.3, -0.25) is 29.3 Å².